The molecular formula is C10H9ClFN3. The highest BCUT2D eigenvalue weighted by Gasteiger charge is 2.11. The van der Waals surface area contributed by atoms with Crippen LogP contribution in [0.4, 0.5) is 10.2 Å². The number of rotatable bonds is 1. The number of nitrogen functional groups attached to an aromatic ring is 1. The molecule has 0 aliphatic rings. The van der Waals surface area contributed by atoms with Crippen molar-refractivity contribution in [3.8, 4) is 5.69 Å². The third kappa shape index (κ3) is 1.68. The Morgan fingerprint density at radius 3 is 2.40 bits per heavy atom. The summed E-state index contributed by atoms with van der Waals surface area (Å²) in [6, 6.07) is 5.88. The second kappa shape index (κ2) is 3.55. The van der Waals surface area contributed by atoms with Crippen molar-refractivity contribution in [3.05, 3.63) is 40.8 Å². The Kier molecular flexibility index (Phi) is 2.36. The smallest absolute Gasteiger partial charge is 0.146 e. The summed E-state index contributed by atoms with van der Waals surface area (Å²) in [5.41, 5.74) is 7.08. The van der Waals surface area contributed by atoms with Crippen LogP contribution in [-0.4, -0.2) is 9.78 Å². The Labute approximate surface area is 91.3 Å². The molecule has 0 fully saturated rings. The zero-order valence-corrected chi connectivity index (χ0v) is 8.79. The highest BCUT2D eigenvalue weighted by atomic mass is 35.5. The van der Waals surface area contributed by atoms with E-state index in [1.807, 2.05) is 0 Å². The van der Waals surface area contributed by atoms with Gasteiger partial charge in [-0.3, -0.25) is 0 Å². The van der Waals surface area contributed by atoms with Crippen molar-refractivity contribution in [1.29, 1.82) is 0 Å². The third-order valence-electron chi connectivity index (χ3n) is 2.09. The summed E-state index contributed by atoms with van der Waals surface area (Å²) in [7, 11) is 0. The molecule has 0 saturated heterocycles. The van der Waals surface area contributed by atoms with E-state index < -0.39 is 0 Å². The summed E-state index contributed by atoms with van der Waals surface area (Å²) < 4.78 is 14.2. The lowest BCUT2D eigenvalue weighted by Crippen LogP contribution is -2.01. The summed E-state index contributed by atoms with van der Waals surface area (Å²) in [6.45, 7) is 1.76. The fraction of sp³-hybridized carbons (Fsp3) is 0.100. The van der Waals surface area contributed by atoms with Gasteiger partial charge in [0.05, 0.1) is 11.4 Å². The summed E-state index contributed by atoms with van der Waals surface area (Å²) in [5.74, 6) is 0.0630. The van der Waals surface area contributed by atoms with Crippen LogP contribution in [0.2, 0.25) is 5.02 Å². The molecule has 0 bridgehead atoms. The lowest BCUT2D eigenvalue weighted by atomic mass is 10.3. The van der Waals surface area contributed by atoms with Crippen molar-refractivity contribution in [2.45, 2.75) is 6.92 Å². The van der Waals surface area contributed by atoms with Crippen LogP contribution in [0.3, 0.4) is 0 Å². The van der Waals surface area contributed by atoms with Gasteiger partial charge in [-0.2, -0.15) is 5.10 Å². The SMILES string of the molecule is Cc1nn(-c2ccc(F)cc2)c(N)c1Cl. The summed E-state index contributed by atoms with van der Waals surface area (Å²) >= 11 is 5.90. The minimum absolute atomic E-state index is 0.299. The molecule has 1 aromatic carbocycles. The molecule has 0 amide bonds. The first-order chi connectivity index (χ1) is 7.09. The third-order valence-corrected chi connectivity index (χ3v) is 2.56. The van der Waals surface area contributed by atoms with Gasteiger partial charge in [-0.15, -0.1) is 0 Å². The van der Waals surface area contributed by atoms with E-state index in [9.17, 15) is 4.39 Å². The molecule has 0 atom stereocenters. The molecule has 0 aliphatic heterocycles. The predicted molar refractivity (Wildman–Crippen MR) is 57.7 cm³/mol. The van der Waals surface area contributed by atoms with Crippen LogP contribution >= 0.6 is 11.6 Å². The fourth-order valence-corrected chi connectivity index (χ4v) is 1.42. The Morgan fingerprint density at radius 1 is 1.33 bits per heavy atom. The molecule has 0 aliphatic carbocycles. The maximum atomic E-state index is 12.7. The molecule has 2 N–H and O–H groups in total. The molecule has 1 heterocycles. The van der Waals surface area contributed by atoms with Gasteiger partial charge in [-0.05, 0) is 31.2 Å². The highest BCUT2D eigenvalue weighted by molar-refractivity contribution is 6.33. The van der Waals surface area contributed by atoms with Gasteiger partial charge < -0.3 is 5.73 Å². The van der Waals surface area contributed by atoms with Crippen molar-refractivity contribution in [2.75, 3.05) is 5.73 Å². The first-order valence-corrected chi connectivity index (χ1v) is 4.74. The average Bonchev–Trinajstić information content (AvgIpc) is 2.47. The summed E-state index contributed by atoms with van der Waals surface area (Å²) in [4.78, 5) is 0. The number of halogens is 2. The number of nitrogens with zero attached hydrogens (tertiary/aromatic N) is 2. The molecular weight excluding hydrogens is 217 g/mol. The van der Waals surface area contributed by atoms with Crippen LogP contribution in [0.5, 0.6) is 0 Å². The van der Waals surface area contributed by atoms with Gasteiger partial charge in [-0.1, -0.05) is 11.6 Å². The molecule has 2 rings (SSSR count). The molecule has 0 unspecified atom stereocenters. The maximum Gasteiger partial charge on any atom is 0.146 e. The molecule has 15 heavy (non-hydrogen) atoms. The molecule has 0 radical (unpaired) electrons. The van der Waals surface area contributed by atoms with Gasteiger partial charge in [0.2, 0.25) is 0 Å². The van der Waals surface area contributed by atoms with E-state index in [1.54, 1.807) is 19.1 Å². The lowest BCUT2D eigenvalue weighted by Gasteiger charge is -2.02. The van der Waals surface area contributed by atoms with Gasteiger partial charge in [0.25, 0.3) is 0 Å². The van der Waals surface area contributed by atoms with Crippen LogP contribution in [0, 0.1) is 12.7 Å². The van der Waals surface area contributed by atoms with E-state index in [1.165, 1.54) is 16.8 Å². The largest absolute Gasteiger partial charge is 0.382 e. The molecule has 3 nitrogen and oxygen atoms in total. The second-order valence-electron chi connectivity index (χ2n) is 3.17. The van der Waals surface area contributed by atoms with Gasteiger partial charge in [-0.25, -0.2) is 9.07 Å². The minimum atomic E-state index is -0.299. The normalized spacial score (nSPS) is 10.6. The van der Waals surface area contributed by atoms with E-state index in [0.29, 0.717) is 22.2 Å². The Hall–Kier alpha value is -1.55. The van der Waals surface area contributed by atoms with Gasteiger partial charge in [0.1, 0.15) is 16.7 Å². The van der Waals surface area contributed by atoms with E-state index in [0.717, 1.165) is 0 Å². The Balaban J connectivity index is 2.54. The van der Waals surface area contributed by atoms with E-state index in [4.69, 9.17) is 17.3 Å². The number of hydrogen-bond acceptors (Lipinski definition) is 2. The van der Waals surface area contributed by atoms with Crippen LogP contribution < -0.4 is 5.73 Å². The minimum Gasteiger partial charge on any atom is -0.382 e. The number of hydrogen-bond donors (Lipinski definition) is 1. The first kappa shape index (κ1) is 9.98. The zero-order valence-electron chi connectivity index (χ0n) is 8.04. The van der Waals surface area contributed by atoms with E-state index in [-0.39, 0.29) is 5.82 Å². The van der Waals surface area contributed by atoms with Crippen molar-refractivity contribution in [1.82, 2.24) is 9.78 Å². The number of anilines is 1. The first-order valence-electron chi connectivity index (χ1n) is 4.36. The van der Waals surface area contributed by atoms with Crippen molar-refractivity contribution in [2.24, 2.45) is 0 Å². The van der Waals surface area contributed by atoms with Crippen molar-refractivity contribution >= 4 is 17.4 Å². The zero-order chi connectivity index (χ0) is 11.0. The number of aromatic nitrogens is 2. The van der Waals surface area contributed by atoms with Gasteiger partial charge in [0.15, 0.2) is 0 Å². The van der Waals surface area contributed by atoms with Crippen LogP contribution in [0.25, 0.3) is 5.69 Å². The average molecular weight is 226 g/mol. The maximum absolute atomic E-state index is 12.7. The summed E-state index contributed by atoms with van der Waals surface area (Å²) in [6.07, 6.45) is 0. The van der Waals surface area contributed by atoms with Crippen LogP contribution in [-0.2, 0) is 0 Å². The number of aryl methyl sites for hydroxylation is 1. The number of benzene rings is 1. The highest BCUT2D eigenvalue weighted by Crippen LogP contribution is 2.25. The van der Waals surface area contributed by atoms with E-state index >= 15 is 0 Å². The van der Waals surface area contributed by atoms with Crippen molar-refractivity contribution in [3.63, 3.8) is 0 Å². The van der Waals surface area contributed by atoms with Gasteiger partial charge >= 0.3 is 0 Å². The topological polar surface area (TPSA) is 43.8 Å². The van der Waals surface area contributed by atoms with Crippen LogP contribution in [0.1, 0.15) is 5.69 Å². The lowest BCUT2D eigenvalue weighted by molar-refractivity contribution is 0.627. The quantitative estimate of drug-likeness (QED) is 0.811. The molecule has 2 aromatic rings. The van der Waals surface area contributed by atoms with Crippen molar-refractivity contribution < 1.29 is 4.39 Å². The number of nitrogens with two attached hydrogens (primary N) is 1. The Bertz CT molecular complexity index is 490. The second-order valence-corrected chi connectivity index (χ2v) is 3.55. The summed E-state index contributed by atoms with van der Waals surface area (Å²) in [5, 5.41) is 4.58. The molecule has 1 aromatic heterocycles. The monoisotopic (exact) mass is 225 g/mol. The Morgan fingerprint density at radius 2 is 1.93 bits per heavy atom. The molecule has 0 spiro atoms. The fourth-order valence-electron chi connectivity index (χ4n) is 1.31. The standard InChI is InChI=1S/C10H9ClFN3/c1-6-9(11)10(13)15(14-6)8-4-2-7(12)3-5-8/h2-5H,13H2,1H3. The molecule has 0 saturated carbocycles. The van der Waals surface area contributed by atoms with Gasteiger partial charge in [0, 0.05) is 0 Å². The molecule has 78 valence electrons. The predicted octanol–water partition coefficient (Wildman–Crippen LogP) is 2.56. The molecule has 5 heteroatoms. The van der Waals surface area contributed by atoms with E-state index in [2.05, 4.69) is 5.10 Å². The van der Waals surface area contributed by atoms with Crippen LogP contribution in [0.15, 0.2) is 24.3 Å².